The Morgan fingerprint density at radius 1 is 1.42 bits per heavy atom. The summed E-state index contributed by atoms with van der Waals surface area (Å²) in [5, 5.41) is 18.7. The number of aromatic nitrogens is 2. The van der Waals surface area contributed by atoms with Crippen molar-refractivity contribution < 1.29 is 9.34 Å². The van der Waals surface area contributed by atoms with Crippen molar-refractivity contribution in [3.63, 3.8) is 0 Å². The Balaban J connectivity index is 2.23. The van der Waals surface area contributed by atoms with E-state index in [1.165, 1.54) is 6.07 Å². The van der Waals surface area contributed by atoms with Crippen molar-refractivity contribution in [1.29, 1.82) is 0 Å². The average Bonchev–Trinajstić information content (AvgIpc) is 2.80. The highest BCUT2D eigenvalue weighted by atomic mass is 79.9. The second-order valence-corrected chi connectivity index (χ2v) is 5.26. The highest BCUT2D eigenvalue weighted by Gasteiger charge is 2.15. The van der Waals surface area contributed by atoms with Crippen molar-refractivity contribution in [2.45, 2.75) is 26.2 Å². The fraction of sp³-hybridized carbons (Fsp3) is 0.333. The monoisotopic (exact) mass is 325 g/mol. The Morgan fingerprint density at radius 3 is 2.74 bits per heavy atom. The first kappa shape index (κ1) is 13.7. The number of hydrogen-bond acceptors (Lipinski definition) is 5. The average molecular weight is 326 g/mol. The molecule has 1 heterocycles. The third kappa shape index (κ3) is 3.17. The predicted molar refractivity (Wildman–Crippen MR) is 72.0 cm³/mol. The Kier molecular flexibility index (Phi) is 3.94. The molecule has 6 nitrogen and oxygen atoms in total. The van der Waals surface area contributed by atoms with Gasteiger partial charge in [-0.25, -0.2) is 0 Å². The Morgan fingerprint density at radius 2 is 2.16 bits per heavy atom. The number of benzene rings is 1. The summed E-state index contributed by atoms with van der Waals surface area (Å²) in [4.78, 5) is 10.4. The van der Waals surface area contributed by atoms with Gasteiger partial charge in [0.1, 0.15) is 0 Å². The van der Waals surface area contributed by atoms with Gasteiger partial charge in [0.25, 0.3) is 5.69 Å². The summed E-state index contributed by atoms with van der Waals surface area (Å²) in [6, 6.07) is 4.94. The van der Waals surface area contributed by atoms with Gasteiger partial charge in [0.05, 0.1) is 15.8 Å². The second kappa shape index (κ2) is 5.48. The molecule has 0 aliphatic rings. The minimum atomic E-state index is -0.430. The highest BCUT2D eigenvalue weighted by molar-refractivity contribution is 9.10. The lowest BCUT2D eigenvalue weighted by atomic mass is 10.1. The largest absolute Gasteiger partial charge is 0.425 e. The Labute approximate surface area is 118 Å². The summed E-state index contributed by atoms with van der Waals surface area (Å²) < 4.78 is 5.93. The van der Waals surface area contributed by atoms with Crippen molar-refractivity contribution in [3.05, 3.63) is 50.1 Å². The lowest BCUT2D eigenvalue weighted by Gasteiger charge is -2.00. The summed E-state index contributed by atoms with van der Waals surface area (Å²) in [7, 11) is 0. The Bertz CT molecular complexity index is 610. The van der Waals surface area contributed by atoms with E-state index in [2.05, 4.69) is 26.1 Å². The fourth-order valence-corrected chi connectivity index (χ4v) is 1.95. The van der Waals surface area contributed by atoms with Crippen LogP contribution >= 0.6 is 15.9 Å². The molecule has 0 aliphatic carbocycles. The second-order valence-electron chi connectivity index (χ2n) is 4.41. The van der Waals surface area contributed by atoms with Crippen LogP contribution in [0.1, 0.15) is 37.1 Å². The van der Waals surface area contributed by atoms with Crippen molar-refractivity contribution in [2.24, 2.45) is 0 Å². The molecule has 2 rings (SSSR count). The molecule has 0 fully saturated rings. The molecule has 0 N–H and O–H groups in total. The highest BCUT2D eigenvalue weighted by Crippen LogP contribution is 2.26. The van der Waals surface area contributed by atoms with E-state index in [9.17, 15) is 10.1 Å². The maximum absolute atomic E-state index is 10.8. The summed E-state index contributed by atoms with van der Waals surface area (Å²) in [6.45, 7) is 3.92. The molecule has 0 bridgehead atoms. The van der Waals surface area contributed by atoms with Crippen LogP contribution in [0.25, 0.3) is 0 Å². The van der Waals surface area contributed by atoms with Crippen LogP contribution < -0.4 is 0 Å². The van der Waals surface area contributed by atoms with Gasteiger partial charge in [0.15, 0.2) is 0 Å². The SMILES string of the molecule is CC(C)c1nnc(Cc2ccc(Br)c([N+](=O)[O-])c2)o1. The van der Waals surface area contributed by atoms with Crippen LogP contribution in [0.4, 0.5) is 5.69 Å². The molecule has 0 unspecified atom stereocenters. The van der Waals surface area contributed by atoms with E-state index in [-0.39, 0.29) is 11.6 Å². The Hall–Kier alpha value is -1.76. The van der Waals surface area contributed by atoms with E-state index >= 15 is 0 Å². The van der Waals surface area contributed by atoms with Crippen LogP contribution in [0.15, 0.2) is 27.1 Å². The molecule has 7 heteroatoms. The van der Waals surface area contributed by atoms with E-state index in [1.807, 2.05) is 13.8 Å². The van der Waals surface area contributed by atoms with Gasteiger partial charge in [0.2, 0.25) is 11.8 Å². The summed E-state index contributed by atoms with van der Waals surface area (Å²) in [6.07, 6.45) is 0.383. The van der Waals surface area contributed by atoms with Gasteiger partial charge in [-0.15, -0.1) is 10.2 Å². The summed E-state index contributed by atoms with van der Waals surface area (Å²) in [5.74, 6) is 1.20. The van der Waals surface area contributed by atoms with Crippen LogP contribution in [-0.4, -0.2) is 15.1 Å². The molecule has 0 saturated carbocycles. The lowest BCUT2D eigenvalue weighted by Crippen LogP contribution is -1.93. The zero-order chi connectivity index (χ0) is 14.0. The van der Waals surface area contributed by atoms with Crippen LogP contribution in [0.3, 0.4) is 0 Å². The molecule has 19 heavy (non-hydrogen) atoms. The number of nitro benzene ring substituents is 1. The summed E-state index contributed by atoms with van der Waals surface area (Å²) >= 11 is 3.15. The molecule has 1 aromatic heterocycles. The first-order valence-corrected chi connectivity index (χ1v) is 6.51. The van der Waals surface area contributed by atoms with Crippen LogP contribution in [-0.2, 0) is 6.42 Å². The molecule has 100 valence electrons. The maximum atomic E-state index is 10.8. The quantitative estimate of drug-likeness (QED) is 0.635. The minimum absolute atomic E-state index is 0.0288. The molecule has 0 spiro atoms. The first-order valence-electron chi connectivity index (χ1n) is 5.72. The lowest BCUT2D eigenvalue weighted by molar-refractivity contribution is -0.385. The fourth-order valence-electron chi connectivity index (χ4n) is 1.55. The zero-order valence-electron chi connectivity index (χ0n) is 10.5. The van der Waals surface area contributed by atoms with Crippen molar-refractivity contribution in [2.75, 3.05) is 0 Å². The van der Waals surface area contributed by atoms with Crippen molar-refractivity contribution >= 4 is 21.6 Å². The van der Waals surface area contributed by atoms with E-state index in [0.717, 1.165) is 5.56 Å². The van der Waals surface area contributed by atoms with Crippen molar-refractivity contribution in [3.8, 4) is 0 Å². The third-order valence-corrected chi connectivity index (χ3v) is 3.21. The van der Waals surface area contributed by atoms with Gasteiger partial charge in [0, 0.05) is 12.0 Å². The van der Waals surface area contributed by atoms with Gasteiger partial charge in [-0.3, -0.25) is 10.1 Å². The van der Waals surface area contributed by atoms with Gasteiger partial charge in [-0.1, -0.05) is 19.9 Å². The topological polar surface area (TPSA) is 82.1 Å². The molecule has 2 aromatic rings. The van der Waals surface area contributed by atoms with E-state index in [4.69, 9.17) is 4.42 Å². The first-order chi connectivity index (χ1) is 8.97. The van der Waals surface area contributed by atoms with Crippen LogP contribution in [0.2, 0.25) is 0 Å². The van der Waals surface area contributed by atoms with E-state index in [1.54, 1.807) is 12.1 Å². The van der Waals surface area contributed by atoms with Gasteiger partial charge in [-0.2, -0.15) is 0 Å². The number of halogens is 1. The zero-order valence-corrected chi connectivity index (χ0v) is 12.0. The molecule has 0 aliphatic heterocycles. The predicted octanol–water partition coefficient (Wildman–Crippen LogP) is 3.45. The molecule has 0 amide bonds. The molecule has 0 atom stereocenters. The standard InChI is InChI=1S/C12H12BrN3O3/c1-7(2)12-15-14-11(19-12)6-8-3-4-9(13)10(5-8)16(17)18/h3-5,7H,6H2,1-2H3. The normalized spacial score (nSPS) is 10.9. The number of nitrogens with zero attached hydrogens (tertiary/aromatic N) is 3. The maximum Gasteiger partial charge on any atom is 0.283 e. The molecular formula is C12H12BrN3O3. The van der Waals surface area contributed by atoms with Gasteiger partial charge in [-0.05, 0) is 27.6 Å². The number of rotatable bonds is 4. The molecule has 0 radical (unpaired) electrons. The third-order valence-electron chi connectivity index (χ3n) is 2.54. The summed E-state index contributed by atoms with van der Waals surface area (Å²) in [5.41, 5.74) is 0.787. The van der Waals surface area contributed by atoms with Gasteiger partial charge >= 0.3 is 0 Å². The minimum Gasteiger partial charge on any atom is -0.425 e. The molecule has 1 aromatic carbocycles. The van der Waals surface area contributed by atoms with Crippen molar-refractivity contribution in [1.82, 2.24) is 10.2 Å². The molecule has 0 saturated heterocycles. The van der Waals surface area contributed by atoms with Crippen LogP contribution in [0, 0.1) is 10.1 Å². The van der Waals surface area contributed by atoms with Crippen LogP contribution in [0.5, 0.6) is 0 Å². The smallest absolute Gasteiger partial charge is 0.283 e. The van der Waals surface area contributed by atoms with E-state index in [0.29, 0.717) is 22.7 Å². The number of nitro groups is 1. The van der Waals surface area contributed by atoms with Gasteiger partial charge < -0.3 is 4.42 Å². The molecular weight excluding hydrogens is 314 g/mol. The number of hydrogen-bond donors (Lipinski definition) is 0. The van der Waals surface area contributed by atoms with E-state index < -0.39 is 4.92 Å².